The van der Waals surface area contributed by atoms with Crippen molar-refractivity contribution in [3.63, 3.8) is 0 Å². The van der Waals surface area contributed by atoms with E-state index in [1.54, 1.807) is 19.2 Å². The van der Waals surface area contributed by atoms with Crippen molar-refractivity contribution >= 4 is 37.7 Å². The van der Waals surface area contributed by atoms with E-state index in [2.05, 4.69) is 49.1 Å². The van der Waals surface area contributed by atoms with Crippen LogP contribution in [0, 0.1) is 0 Å². The molecule has 206 valence electrons. The number of nitrogens with zero attached hydrogens (tertiary/aromatic N) is 3. The molecule has 2 aliphatic rings. The van der Waals surface area contributed by atoms with Crippen molar-refractivity contribution < 1.29 is 23.5 Å². The summed E-state index contributed by atoms with van der Waals surface area (Å²) >= 11 is 6.52. The Balaban J connectivity index is 1.72. The molecule has 3 heterocycles. The van der Waals surface area contributed by atoms with Gasteiger partial charge in [-0.25, -0.2) is 14.8 Å². The summed E-state index contributed by atoms with van der Waals surface area (Å²) in [5, 5.41) is 3.64. The fourth-order valence-corrected chi connectivity index (χ4v) is 5.75. The van der Waals surface area contributed by atoms with Gasteiger partial charge in [0.15, 0.2) is 8.32 Å². The summed E-state index contributed by atoms with van der Waals surface area (Å²) in [6.07, 6.45) is 2.61. The Bertz CT molecular complexity index is 1210. The summed E-state index contributed by atoms with van der Waals surface area (Å²) in [5.74, 6) is -0.324. The number of anilines is 1. The van der Waals surface area contributed by atoms with Crippen molar-refractivity contribution in [2.75, 3.05) is 25.6 Å². The second-order valence-electron chi connectivity index (χ2n) is 11.4. The number of halogens is 1. The zero-order valence-corrected chi connectivity index (χ0v) is 24.9. The summed E-state index contributed by atoms with van der Waals surface area (Å²) < 4.78 is 17.1. The third-order valence-electron chi connectivity index (χ3n) is 7.78. The van der Waals surface area contributed by atoms with Gasteiger partial charge in [0.05, 0.1) is 24.0 Å². The first-order valence-corrected chi connectivity index (χ1v) is 16.2. The molecule has 2 unspecified atom stereocenters. The van der Waals surface area contributed by atoms with E-state index in [0.29, 0.717) is 46.6 Å². The summed E-state index contributed by atoms with van der Waals surface area (Å²) in [6, 6.07) is 4.93. The number of rotatable bonds is 7. The summed E-state index contributed by atoms with van der Waals surface area (Å²) in [4.78, 5) is 36.8. The topological polar surface area (TPSA) is 103 Å². The molecule has 0 spiro atoms. The maximum Gasteiger partial charge on any atom is 0.328 e. The van der Waals surface area contributed by atoms with Gasteiger partial charge in [-0.05, 0) is 44.0 Å². The molecule has 4 rings (SSSR count). The van der Waals surface area contributed by atoms with Crippen LogP contribution in [0.1, 0.15) is 62.7 Å². The Labute approximate surface area is 230 Å². The molecule has 1 aromatic carbocycles. The molecule has 2 aromatic rings. The third-order valence-corrected chi connectivity index (χ3v) is 12.5. The van der Waals surface area contributed by atoms with Gasteiger partial charge in [0.2, 0.25) is 5.95 Å². The second-order valence-corrected chi connectivity index (χ2v) is 16.5. The van der Waals surface area contributed by atoms with Crippen LogP contribution >= 0.6 is 11.6 Å². The zero-order chi connectivity index (χ0) is 27.8. The molecule has 1 amide bonds. The molecular formula is C27H37ClN4O5Si. The van der Waals surface area contributed by atoms with Crippen LogP contribution in [0.3, 0.4) is 0 Å². The number of hydrogen-bond acceptors (Lipinski definition) is 8. The van der Waals surface area contributed by atoms with Gasteiger partial charge in [0, 0.05) is 35.9 Å². The SMILES string of the molecule is COC(=O)C(C)N1C(=O)c2cc(-c3nc(NC4CCOCC4)ncc3Cl)ccc2C1O[Si](C)(C)C(C)(C)C. The van der Waals surface area contributed by atoms with E-state index < -0.39 is 26.6 Å². The number of fused-ring (bicyclic) bond motifs is 1. The van der Waals surface area contributed by atoms with Crippen molar-refractivity contribution in [3.8, 4) is 11.3 Å². The highest BCUT2D eigenvalue weighted by molar-refractivity contribution is 6.74. The first-order chi connectivity index (χ1) is 17.8. The van der Waals surface area contributed by atoms with Crippen molar-refractivity contribution in [2.24, 2.45) is 0 Å². The highest BCUT2D eigenvalue weighted by Gasteiger charge is 2.48. The van der Waals surface area contributed by atoms with Gasteiger partial charge >= 0.3 is 5.97 Å². The van der Waals surface area contributed by atoms with Crippen LogP contribution in [0.15, 0.2) is 24.4 Å². The number of carbonyl (C=O) groups excluding carboxylic acids is 2. The van der Waals surface area contributed by atoms with E-state index in [1.165, 1.54) is 12.0 Å². The van der Waals surface area contributed by atoms with Crippen LogP contribution < -0.4 is 5.32 Å². The molecule has 0 saturated carbocycles. The molecule has 0 aliphatic carbocycles. The van der Waals surface area contributed by atoms with Gasteiger partial charge in [-0.1, -0.05) is 44.5 Å². The summed E-state index contributed by atoms with van der Waals surface area (Å²) in [5.41, 5.74) is 2.37. The smallest absolute Gasteiger partial charge is 0.328 e. The molecule has 0 radical (unpaired) electrons. The molecule has 1 aromatic heterocycles. The number of esters is 1. The summed E-state index contributed by atoms with van der Waals surface area (Å²) in [7, 11) is -1.00. The molecule has 1 saturated heterocycles. The van der Waals surface area contributed by atoms with Crippen LogP contribution in [0.4, 0.5) is 5.95 Å². The number of carbonyl (C=O) groups is 2. The number of amides is 1. The van der Waals surface area contributed by atoms with Crippen LogP contribution in [0.25, 0.3) is 11.3 Å². The van der Waals surface area contributed by atoms with E-state index in [1.807, 2.05) is 12.1 Å². The lowest BCUT2D eigenvalue weighted by Gasteiger charge is -2.41. The average molecular weight is 561 g/mol. The number of methoxy groups -OCH3 is 1. The van der Waals surface area contributed by atoms with E-state index >= 15 is 0 Å². The van der Waals surface area contributed by atoms with Crippen molar-refractivity contribution in [1.82, 2.24) is 14.9 Å². The largest absolute Gasteiger partial charge is 0.467 e. The van der Waals surface area contributed by atoms with Crippen molar-refractivity contribution in [2.45, 2.75) is 77.0 Å². The molecule has 9 nitrogen and oxygen atoms in total. The van der Waals surface area contributed by atoms with E-state index in [0.717, 1.165) is 12.8 Å². The Morgan fingerprint density at radius 2 is 1.95 bits per heavy atom. The minimum absolute atomic E-state index is 0.0960. The Morgan fingerprint density at radius 1 is 1.26 bits per heavy atom. The highest BCUT2D eigenvalue weighted by atomic mass is 35.5. The lowest BCUT2D eigenvalue weighted by molar-refractivity contribution is -0.148. The molecular weight excluding hydrogens is 524 g/mol. The highest BCUT2D eigenvalue weighted by Crippen LogP contribution is 2.45. The number of hydrogen-bond donors (Lipinski definition) is 1. The minimum atomic E-state index is -2.32. The standard InChI is InChI=1S/C27H37ClN4O5Si/c1-16(25(34)35-5)32-23(33)20-14-17(8-9-19(20)24(32)37-38(6,7)27(2,3)4)22-21(28)15-29-26(31-22)30-18-10-12-36-13-11-18/h8-9,14-16,18,24H,10-13H2,1-7H3,(H,29,30,31). The number of nitrogens with one attached hydrogen (secondary N) is 1. The average Bonchev–Trinajstić information content (AvgIpc) is 3.14. The Kier molecular flexibility index (Phi) is 8.18. The van der Waals surface area contributed by atoms with Crippen LogP contribution in [-0.2, 0) is 18.7 Å². The Morgan fingerprint density at radius 3 is 2.58 bits per heavy atom. The van der Waals surface area contributed by atoms with Crippen LogP contribution in [-0.4, -0.2) is 67.5 Å². The van der Waals surface area contributed by atoms with Crippen molar-refractivity contribution in [1.29, 1.82) is 0 Å². The zero-order valence-electron chi connectivity index (χ0n) is 23.1. The molecule has 2 atom stereocenters. The van der Waals surface area contributed by atoms with Crippen molar-refractivity contribution in [3.05, 3.63) is 40.5 Å². The summed E-state index contributed by atoms with van der Waals surface area (Å²) in [6.45, 7) is 13.7. The second kappa shape index (κ2) is 10.9. The maximum atomic E-state index is 13.8. The Hall–Kier alpha value is -2.53. The van der Waals surface area contributed by atoms with E-state index in [-0.39, 0.29) is 17.0 Å². The third kappa shape index (κ3) is 5.59. The predicted molar refractivity (Wildman–Crippen MR) is 149 cm³/mol. The normalized spacial score (nSPS) is 19.3. The number of ether oxygens (including phenoxy) is 2. The molecule has 0 bridgehead atoms. The molecule has 11 heteroatoms. The predicted octanol–water partition coefficient (Wildman–Crippen LogP) is 5.43. The fourth-order valence-electron chi connectivity index (χ4n) is 4.40. The molecule has 38 heavy (non-hydrogen) atoms. The van der Waals surface area contributed by atoms with E-state index in [4.69, 9.17) is 25.5 Å². The monoisotopic (exact) mass is 560 g/mol. The number of benzene rings is 1. The quantitative estimate of drug-likeness (QED) is 0.353. The first-order valence-electron chi connectivity index (χ1n) is 12.9. The molecule has 1 N–H and O–H groups in total. The lowest BCUT2D eigenvalue weighted by atomic mass is 10.0. The minimum Gasteiger partial charge on any atom is -0.467 e. The molecule has 2 aliphatic heterocycles. The van der Waals surface area contributed by atoms with E-state index in [9.17, 15) is 9.59 Å². The van der Waals surface area contributed by atoms with Gasteiger partial charge in [0.1, 0.15) is 12.3 Å². The van der Waals surface area contributed by atoms with Gasteiger partial charge in [-0.15, -0.1) is 0 Å². The van der Waals surface area contributed by atoms with Gasteiger partial charge in [-0.2, -0.15) is 0 Å². The fraction of sp³-hybridized carbons (Fsp3) is 0.556. The van der Waals surface area contributed by atoms with Crippen LogP contribution in [0.2, 0.25) is 23.2 Å². The van der Waals surface area contributed by atoms with Gasteiger partial charge in [-0.3, -0.25) is 9.69 Å². The number of aromatic nitrogens is 2. The molecule has 1 fully saturated rings. The first kappa shape index (κ1) is 28.5. The van der Waals surface area contributed by atoms with Gasteiger partial charge < -0.3 is 19.2 Å². The van der Waals surface area contributed by atoms with Crippen LogP contribution in [0.5, 0.6) is 0 Å². The maximum absolute atomic E-state index is 13.8. The van der Waals surface area contributed by atoms with Gasteiger partial charge in [0.25, 0.3) is 5.91 Å². The lowest BCUT2D eigenvalue weighted by Crippen LogP contribution is -2.48.